The normalized spacial score (nSPS) is 16.8. The lowest BCUT2D eigenvalue weighted by Crippen LogP contribution is -2.37. The molecule has 3 aromatic rings. The summed E-state index contributed by atoms with van der Waals surface area (Å²) in [5.74, 6) is -1.44. The zero-order valence-corrected chi connectivity index (χ0v) is 15.1. The van der Waals surface area contributed by atoms with Crippen LogP contribution < -0.4 is 4.74 Å². The van der Waals surface area contributed by atoms with Gasteiger partial charge < -0.3 is 9.30 Å². The molecule has 1 aliphatic carbocycles. The Morgan fingerprint density at radius 3 is 2.46 bits per heavy atom. The minimum Gasteiger partial charge on any atom is -0.489 e. The molecule has 26 heavy (non-hydrogen) atoms. The molecule has 1 fully saturated rings. The van der Waals surface area contributed by atoms with E-state index in [1.807, 2.05) is 48.5 Å². The summed E-state index contributed by atoms with van der Waals surface area (Å²) in [5.41, 5.74) is 3.24. The van der Waals surface area contributed by atoms with E-state index < -0.39 is 5.92 Å². The minimum atomic E-state index is -2.52. The van der Waals surface area contributed by atoms with Gasteiger partial charge in [0, 0.05) is 35.5 Å². The van der Waals surface area contributed by atoms with Gasteiger partial charge in [-0.2, -0.15) is 0 Å². The fourth-order valence-corrected chi connectivity index (χ4v) is 3.73. The number of halogens is 2. The maximum absolute atomic E-state index is 13.4. The van der Waals surface area contributed by atoms with E-state index in [0.717, 1.165) is 27.9 Å². The van der Waals surface area contributed by atoms with Crippen molar-refractivity contribution in [2.45, 2.75) is 51.2 Å². The van der Waals surface area contributed by atoms with Crippen LogP contribution in [0.25, 0.3) is 10.9 Å². The monoisotopic (exact) mass is 355 g/mol. The molecule has 4 rings (SSSR count). The lowest BCUT2D eigenvalue weighted by Gasteiger charge is -2.38. The molecule has 2 aromatic carbocycles. The van der Waals surface area contributed by atoms with Gasteiger partial charge in [-0.15, -0.1) is 0 Å². The van der Waals surface area contributed by atoms with Gasteiger partial charge in [0.15, 0.2) is 0 Å². The van der Waals surface area contributed by atoms with Gasteiger partial charge in [-0.3, -0.25) is 0 Å². The second-order valence-electron chi connectivity index (χ2n) is 7.51. The summed E-state index contributed by atoms with van der Waals surface area (Å²) < 4.78 is 34.8. The molecular weight excluding hydrogens is 332 g/mol. The molecule has 0 spiro atoms. The Morgan fingerprint density at radius 1 is 1.08 bits per heavy atom. The molecular formula is C22H23F2NO. The maximum Gasteiger partial charge on any atom is 0.252 e. The van der Waals surface area contributed by atoms with Crippen molar-refractivity contribution in [2.75, 3.05) is 0 Å². The Labute approximate surface area is 152 Å². The number of fused-ring (bicyclic) bond motifs is 1. The first-order valence-electron chi connectivity index (χ1n) is 9.12. The first-order valence-corrected chi connectivity index (χ1v) is 9.12. The van der Waals surface area contributed by atoms with E-state index in [0.29, 0.717) is 6.61 Å². The summed E-state index contributed by atoms with van der Waals surface area (Å²) in [6.45, 7) is 4.72. The molecule has 1 saturated carbocycles. The summed E-state index contributed by atoms with van der Waals surface area (Å²) in [6, 6.07) is 18.0. The largest absolute Gasteiger partial charge is 0.489 e. The predicted octanol–water partition coefficient (Wildman–Crippen LogP) is 6.31. The molecule has 0 N–H and O–H groups in total. The van der Waals surface area contributed by atoms with Crippen molar-refractivity contribution < 1.29 is 13.5 Å². The first kappa shape index (κ1) is 17.1. The molecule has 1 heterocycles. The van der Waals surface area contributed by atoms with E-state index in [9.17, 15) is 8.78 Å². The van der Waals surface area contributed by atoms with Gasteiger partial charge in [0.2, 0.25) is 0 Å². The lowest BCUT2D eigenvalue weighted by atomic mass is 9.87. The van der Waals surface area contributed by atoms with E-state index in [4.69, 9.17) is 4.74 Å². The number of alkyl halides is 2. The molecule has 1 aromatic heterocycles. The van der Waals surface area contributed by atoms with E-state index in [2.05, 4.69) is 24.5 Å². The molecule has 0 radical (unpaired) electrons. The van der Waals surface area contributed by atoms with Crippen LogP contribution in [0.5, 0.6) is 5.75 Å². The van der Waals surface area contributed by atoms with E-state index in [1.54, 1.807) is 0 Å². The number of nitrogens with zero attached hydrogens (tertiary/aromatic N) is 1. The van der Waals surface area contributed by atoms with Crippen LogP contribution in [0.1, 0.15) is 49.9 Å². The standard InChI is InChI=1S/C22H23F2NO/c1-15(2)21-11-17-10-19(26-14-16-6-4-3-5-7-16)8-9-20(17)25(21)18-12-22(23,24)13-18/h3-11,15,18H,12-14H2,1-2H3. The Balaban J connectivity index is 1.62. The SMILES string of the molecule is CC(C)c1cc2cc(OCc3ccccc3)ccc2n1C1CC(F)(F)C1. The molecule has 0 aliphatic heterocycles. The second-order valence-corrected chi connectivity index (χ2v) is 7.51. The maximum atomic E-state index is 13.4. The van der Waals surface area contributed by atoms with Crippen molar-refractivity contribution in [1.82, 2.24) is 4.57 Å². The summed E-state index contributed by atoms with van der Waals surface area (Å²) in [5, 5.41) is 1.05. The third kappa shape index (κ3) is 3.20. The van der Waals surface area contributed by atoms with Crippen molar-refractivity contribution in [3.63, 3.8) is 0 Å². The minimum absolute atomic E-state index is 0.0667. The highest BCUT2D eigenvalue weighted by molar-refractivity contribution is 5.83. The lowest BCUT2D eigenvalue weighted by molar-refractivity contribution is -0.103. The number of ether oxygens (including phenoxy) is 1. The number of hydrogen-bond acceptors (Lipinski definition) is 1. The Bertz CT molecular complexity index is 907. The highest BCUT2D eigenvalue weighted by atomic mass is 19.3. The molecule has 0 unspecified atom stereocenters. The highest BCUT2D eigenvalue weighted by Gasteiger charge is 2.47. The zero-order valence-electron chi connectivity index (χ0n) is 15.1. The average molecular weight is 355 g/mol. The van der Waals surface area contributed by atoms with Crippen LogP contribution >= 0.6 is 0 Å². The second kappa shape index (κ2) is 6.42. The number of hydrogen-bond donors (Lipinski definition) is 0. The van der Waals surface area contributed by atoms with Crippen LogP contribution in [0.3, 0.4) is 0 Å². The van der Waals surface area contributed by atoms with Crippen molar-refractivity contribution in [3.05, 3.63) is 65.9 Å². The molecule has 0 saturated heterocycles. The molecule has 136 valence electrons. The zero-order chi connectivity index (χ0) is 18.3. The Hall–Kier alpha value is -2.36. The summed E-state index contributed by atoms with van der Waals surface area (Å²) >= 11 is 0. The molecule has 4 heteroatoms. The van der Waals surface area contributed by atoms with Crippen LogP contribution in [0, 0.1) is 0 Å². The Morgan fingerprint density at radius 2 is 1.81 bits per heavy atom. The molecule has 1 aliphatic rings. The predicted molar refractivity (Wildman–Crippen MR) is 100 cm³/mol. The Kier molecular flexibility index (Phi) is 4.22. The summed E-state index contributed by atoms with van der Waals surface area (Å²) in [4.78, 5) is 0. The van der Waals surface area contributed by atoms with Crippen LogP contribution in [-0.4, -0.2) is 10.5 Å². The number of benzene rings is 2. The van der Waals surface area contributed by atoms with E-state index >= 15 is 0 Å². The third-order valence-corrected chi connectivity index (χ3v) is 5.11. The fourth-order valence-electron chi connectivity index (χ4n) is 3.73. The van der Waals surface area contributed by atoms with Gasteiger partial charge in [-0.1, -0.05) is 44.2 Å². The van der Waals surface area contributed by atoms with Gasteiger partial charge in [0.05, 0.1) is 0 Å². The first-order chi connectivity index (χ1) is 12.4. The van der Waals surface area contributed by atoms with Crippen molar-refractivity contribution >= 4 is 10.9 Å². The van der Waals surface area contributed by atoms with Gasteiger partial charge in [-0.25, -0.2) is 8.78 Å². The van der Waals surface area contributed by atoms with Gasteiger partial charge >= 0.3 is 0 Å². The summed E-state index contributed by atoms with van der Waals surface area (Å²) in [7, 11) is 0. The van der Waals surface area contributed by atoms with Crippen LogP contribution in [0.15, 0.2) is 54.6 Å². The molecule has 2 nitrogen and oxygen atoms in total. The highest BCUT2D eigenvalue weighted by Crippen LogP contribution is 2.48. The number of aromatic nitrogens is 1. The van der Waals surface area contributed by atoms with Crippen LogP contribution in [0.4, 0.5) is 8.78 Å². The topological polar surface area (TPSA) is 14.2 Å². The smallest absolute Gasteiger partial charge is 0.252 e. The molecule has 0 bridgehead atoms. The van der Waals surface area contributed by atoms with E-state index in [1.165, 1.54) is 0 Å². The van der Waals surface area contributed by atoms with Crippen molar-refractivity contribution in [1.29, 1.82) is 0 Å². The quantitative estimate of drug-likeness (QED) is 0.523. The molecule has 0 amide bonds. The van der Waals surface area contributed by atoms with Gasteiger partial charge in [0.25, 0.3) is 5.92 Å². The third-order valence-electron chi connectivity index (χ3n) is 5.11. The molecule has 0 atom stereocenters. The van der Waals surface area contributed by atoms with Crippen LogP contribution in [-0.2, 0) is 6.61 Å². The van der Waals surface area contributed by atoms with Crippen molar-refractivity contribution in [3.8, 4) is 5.75 Å². The van der Waals surface area contributed by atoms with Crippen LogP contribution in [0.2, 0.25) is 0 Å². The van der Waals surface area contributed by atoms with E-state index in [-0.39, 0.29) is 24.8 Å². The van der Waals surface area contributed by atoms with Gasteiger partial charge in [0.1, 0.15) is 12.4 Å². The average Bonchev–Trinajstić information content (AvgIpc) is 2.97. The summed E-state index contributed by atoms with van der Waals surface area (Å²) in [6.07, 6.45) is -0.133. The van der Waals surface area contributed by atoms with Gasteiger partial charge in [-0.05, 0) is 35.7 Å². The van der Waals surface area contributed by atoms with Crippen molar-refractivity contribution in [2.24, 2.45) is 0 Å². The number of rotatable bonds is 5. The fraction of sp³-hybridized carbons (Fsp3) is 0.364.